The molecule has 0 radical (unpaired) electrons. The molecule has 0 unspecified atom stereocenters. The highest BCUT2D eigenvalue weighted by Gasteiger charge is 2.35. The molecule has 8 heteroatoms. The first-order valence-corrected chi connectivity index (χ1v) is 9.51. The molecule has 0 spiro atoms. The van der Waals surface area contributed by atoms with E-state index in [1.165, 1.54) is 0 Å². The number of hydrogen-bond donors (Lipinski definition) is 1. The highest BCUT2D eigenvalue weighted by atomic mass is 32.2. The molecule has 3 heterocycles. The van der Waals surface area contributed by atoms with E-state index in [2.05, 4.69) is 51.4 Å². The Labute approximate surface area is 153 Å². The average Bonchev–Trinajstić information content (AvgIpc) is 3.08. The van der Waals surface area contributed by atoms with Gasteiger partial charge in [0.05, 0.1) is 5.75 Å². The third kappa shape index (κ3) is 4.71. The zero-order valence-electron chi connectivity index (χ0n) is 15.1. The number of piperidine rings is 1. The second-order valence-electron chi connectivity index (χ2n) is 6.75. The van der Waals surface area contributed by atoms with Crippen molar-refractivity contribution in [1.82, 2.24) is 25.0 Å². The summed E-state index contributed by atoms with van der Waals surface area (Å²) in [5.74, 6) is 1.29. The van der Waals surface area contributed by atoms with E-state index in [0.29, 0.717) is 17.7 Å². The van der Waals surface area contributed by atoms with E-state index in [1.807, 2.05) is 12.1 Å². The Morgan fingerprint density at radius 3 is 2.64 bits per heavy atom. The molecule has 0 bridgehead atoms. The number of likely N-dealkylation sites (N-methyl/N-ethyl adjacent to an activating group) is 1. The maximum absolute atomic E-state index is 5.74. The van der Waals surface area contributed by atoms with Crippen LogP contribution in [0.25, 0.3) is 0 Å². The Morgan fingerprint density at radius 1 is 1.24 bits per heavy atom. The van der Waals surface area contributed by atoms with Crippen molar-refractivity contribution in [2.45, 2.75) is 29.0 Å². The first kappa shape index (κ1) is 18.2. The highest BCUT2D eigenvalue weighted by molar-refractivity contribution is 7.98. The maximum atomic E-state index is 5.74. The SMILES string of the molecule is CN1CCC(CNc2nnc(CSc3ccncc3)o2)(N(C)C)CC1. The Hall–Kier alpha value is -1.64. The number of likely N-dealkylation sites (tertiary alicyclic amines) is 1. The van der Waals surface area contributed by atoms with Gasteiger partial charge in [0.1, 0.15) is 0 Å². The van der Waals surface area contributed by atoms with Crippen LogP contribution >= 0.6 is 11.8 Å². The summed E-state index contributed by atoms with van der Waals surface area (Å²) in [6, 6.07) is 4.45. The molecule has 0 saturated carbocycles. The molecule has 1 fully saturated rings. The van der Waals surface area contributed by atoms with Gasteiger partial charge in [0, 0.05) is 29.4 Å². The van der Waals surface area contributed by atoms with Gasteiger partial charge in [-0.1, -0.05) is 5.10 Å². The number of pyridine rings is 1. The minimum Gasteiger partial charge on any atom is -0.407 e. The van der Waals surface area contributed by atoms with Gasteiger partial charge in [0.15, 0.2) is 0 Å². The van der Waals surface area contributed by atoms with Crippen molar-refractivity contribution >= 4 is 17.8 Å². The standard InChI is InChI=1S/C17H26N6OS/c1-22(2)17(6-10-23(3)11-7-17)13-19-16-21-20-15(24-16)12-25-14-4-8-18-9-5-14/h4-5,8-9H,6-7,10-13H2,1-3H3,(H,19,21). The molecule has 0 aromatic carbocycles. The number of hydrogen-bond acceptors (Lipinski definition) is 8. The summed E-state index contributed by atoms with van der Waals surface area (Å²) in [6.45, 7) is 3.03. The topological polar surface area (TPSA) is 70.3 Å². The van der Waals surface area contributed by atoms with Crippen LogP contribution in [-0.2, 0) is 5.75 Å². The average molecular weight is 363 g/mol. The molecule has 1 aliphatic rings. The Balaban J connectivity index is 1.54. The quantitative estimate of drug-likeness (QED) is 0.752. The molecule has 0 amide bonds. The molecule has 0 aliphatic carbocycles. The maximum Gasteiger partial charge on any atom is 0.315 e. The lowest BCUT2D eigenvalue weighted by atomic mass is 9.86. The minimum absolute atomic E-state index is 0.132. The van der Waals surface area contributed by atoms with Gasteiger partial charge in [-0.15, -0.1) is 16.9 Å². The molecule has 2 aromatic rings. The summed E-state index contributed by atoms with van der Waals surface area (Å²) in [5.41, 5.74) is 0.132. The van der Waals surface area contributed by atoms with Gasteiger partial charge in [-0.3, -0.25) is 4.98 Å². The molecular formula is C17H26N6OS. The summed E-state index contributed by atoms with van der Waals surface area (Å²) in [6.07, 6.45) is 5.82. The van der Waals surface area contributed by atoms with Gasteiger partial charge in [-0.05, 0) is 59.2 Å². The van der Waals surface area contributed by atoms with Crippen molar-refractivity contribution in [3.8, 4) is 0 Å². The van der Waals surface area contributed by atoms with Crippen LogP contribution in [0.1, 0.15) is 18.7 Å². The highest BCUT2D eigenvalue weighted by Crippen LogP contribution is 2.27. The summed E-state index contributed by atoms with van der Waals surface area (Å²) in [7, 11) is 6.48. The van der Waals surface area contributed by atoms with Crippen molar-refractivity contribution in [3.05, 3.63) is 30.4 Å². The van der Waals surface area contributed by atoms with E-state index in [4.69, 9.17) is 4.42 Å². The van der Waals surface area contributed by atoms with Gasteiger partial charge < -0.3 is 19.5 Å². The minimum atomic E-state index is 0.132. The first-order valence-electron chi connectivity index (χ1n) is 8.52. The van der Waals surface area contributed by atoms with E-state index in [1.54, 1.807) is 24.2 Å². The molecule has 1 N–H and O–H groups in total. The third-order valence-corrected chi connectivity index (χ3v) is 5.91. The van der Waals surface area contributed by atoms with Crippen LogP contribution in [0.2, 0.25) is 0 Å². The molecule has 136 valence electrons. The normalized spacial score (nSPS) is 17.8. The summed E-state index contributed by atoms with van der Waals surface area (Å²) >= 11 is 1.66. The summed E-state index contributed by atoms with van der Waals surface area (Å²) in [5, 5.41) is 11.6. The number of aromatic nitrogens is 3. The van der Waals surface area contributed by atoms with Crippen molar-refractivity contribution in [1.29, 1.82) is 0 Å². The van der Waals surface area contributed by atoms with Gasteiger partial charge in [0.25, 0.3) is 0 Å². The van der Waals surface area contributed by atoms with Crippen LogP contribution in [0.3, 0.4) is 0 Å². The van der Waals surface area contributed by atoms with Crippen LogP contribution in [-0.4, -0.2) is 71.3 Å². The fourth-order valence-corrected chi connectivity index (χ4v) is 3.74. The smallest absolute Gasteiger partial charge is 0.315 e. The van der Waals surface area contributed by atoms with Crippen LogP contribution in [0, 0.1) is 0 Å². The molecular weight excluding hydrogens is 336 g/mol. The van der Waals surface area contributed by atoms with Gasteiger partial charge >= 0.3 is 6.01 Å². The number of anilines is 1. The molecule has 1 saturated heterocycles. The Bertz CT molecular complexity index is 654. The summed E-state index contributed by atoms with van der Waals surface area (Å²) in [4.78, 5) is 9.86. The number of rotatable bonds is 7. The molecule has 3 rings (SSSR count). The molecule has 1 aliphatic heterocycles. The fraction of sp³-hybridized carbons (Fsp3) is 0.588. The van der Waals surface area contributed by atoms with Crippen molar-refractivity contribution in [2.24, 2.45) is 0 Å². The van der Waals surface area contributed by atoms with E-state index in [0.717, 1.165) is 37.4 Å². The zero-order chi connectivity index (χ0) is 17.7. The van der Waals surface area contributed by atoms with Crippen LogP contribution < -0.4 is 5.32 Å². The lowest BCUT2D eigenvalue weighted by Crippen LogP contribution is -2.55. The second kappa shape index (κ2) is 8.16. The lowest BCUT2D eigenvalue weighted by molar-refractivity contribution is 0.0769. The Kier molecular flexibility index (Phi) is 5.93. The van der Waals surface area contributed by atoms with Crippen molar-refractivity contribution < 1.29 is 4.42 Å². The molecule has 25 heavy (non-hydrogen) atoms. The van der Waals surface area contributed by atoms with Crippen LogP contribution in [0.5, 0.6) is 0 Å². The monoisotopic (exact) mass is 362 g/mol. The fourth-order valence-electron chi connectivity index (χ4n) is 3.02. The largest absolute Gasteiger partial charge is 0.407 e. The van der Waals surface area contributed by atoms with Crippen LogP contribution in [0.15, 0.2) is 33.8 Å². The van der Waals surface area contributed by atoms with E-state index < -0.39 is 0 Å². The molecule has 0 atom stereocenters. The zero-order valence-corrected chi connectivity index (χ0v) is 15.9. The van der Waals surface area contributed by atoms with Gasteiger partial charge in [-0.25, -0.2) is 0 Å². The molecule has 7 nitrogen and oxygen atoms in total. The predicted molar refractivity (Wildman–Crippen MR) is 99.7 cm³/mol. The third-order valence-electron chi connectivity index (χ3n) is 4.91. The first-order chi connectivity index (χ1) is 12.1. The Morgan fingerprint density at radius 2 is 1.96 bits per heavy atom. The van der Waals surface area contributed by atoms with Gasteiger partial charge in [-0.2, -0.15) is 0 Å². The van der Waals surface area contributed by atoms with E-state index in [-0.39, 0.29) is 5.54 Å². The lowest BCUT2D eigenvalue weighted by Gasteiger charge is -2.45. The second-order valence-corrected chi connectivity index (χ2v) is 7.80. The van der Waals surface area contributed by atoms with Crippen molar-refractivity contribution in [3.63, 3.8) is 0 Å². The van der Waals surface area contributed by atoms with Gasteiger partial charge in [0.2, 0.25) is 5.89 Å². The van der Waals surface area contributed by atoms with Crippen molar-refractivity contribution in [2.75, 3.05) is 46.1 Å². The van der Waals surface area contributed by atoms with E-state index in [9.17, 15) is 0 Å². The predicted octanol–water partition coefficient (Wildman–Crippen LogP) is 2.19. The summed E-state index contributed by atoms with van der Waals surface area (Å²) < 4.78 is 5.74. The van der Waals surface area contributed by atoms with E-state index >= 15 is 0 Å². The number of nitrogens with zero attached hydrogens (tertiary/aromatic N) is 5. The molecule has 2 aromatic heterocycles. The number of nitrogens with one attached hydrogen (secondary N) is 1. The van der Waals surface area contributed by atoms with Crippen LogP contribution in [0.4, 0.5) is 6.01 Å². The number of thioether (sulfide) groups is 1.